The smallest absolute Gasteiger partial charge is 0.310 e. The number of carbonyl (C=O) groups is 1. The summed E-state index contributed by atoms with van der Waals surface area (Å²) >= 11 is 0. The highest BCUT2D eigenvalue weighted by Crippen LogP contribution is 2.26. The van der Waals surface area contributed by atoms with Crippen molar-refractivity contribution in [3.63, 3.8) is 0 Å². The molecule has 0 bridgehead atoms. The molecule has 1 aromatic carbocycles. The maximum Gasteiger partial charge on any atom is 0.310 e. The van der Waals surface area contributed by atoms with Crippen molar-refractivity contribution in [2.24, 2.45) is 16.8 Å². The van der Waals surface area contributed by atoms with Crippen molar-refractivity contribution in [3.8, 4) is 11.6 Å². The molecular formula is C22H27FN4O3. The van der Waals surface area contributed by atoms with Crippen molar-refractivity contribution in [2.45, 2.75) is 20.4 Å². The predicted molar refractivity (Wildman–Crippen MR) is 112 cm³/mol. The molecule has 0 aliphatic carbocycles. The molecule has 1 aliphatic rings. The van der Waals surface area contributed by atoms with Gasteiger partial charge in [0.15, 0.2) is 5.96 Å². The lowest BCUT2D eigenvalue weighted by molar-refractivity contribution is -0.145. The van der Waals surface area contributed by atoms with E-state index >= 15 is 0 Å². The number of rotatable bonds is 6. The molecule has 1 saturated heterocycles. The predicted octanol–water partition coefficient (Wildman–Crippen LogP) is 3.22. The SMILES string of the molecule is CCNC(=NCc1cccnc1Oc1cccc(F)c1)N1CC(C)C(C(=O)OC)C1. The second kappa shape index (κ2) is 10.0. The summed E-state index contributed by atoms with van der Waals surface area (Å²) in [5.74, 6) is 0.900. The summed E-state index contributed by atoms with van der Waals surface area (Å²) in [7, 11) is 1.42. The van der Waals surface area contributed by atoms with Gasteiger partial charge in [-0.05, 0) is 31.0 Å². The van der Waals surface area contributed by atoms with E-state index in [9.17, 15) is 9.18 Å². The molecule has 2 atom stereocenters. The van der Waals surface area contributed by atoms with Crippen molar-refractivity contribution in [1.29, 1.82) is 0 Å². The van der Waals surface area contributed by atoms with Gasteiger partial charge in [-0.3, -0.25) is 4.79 Å². The number of methoxy groups -OCH3 is 1. The van der Waals surface area contributed by atoms with Crippen LogP contribution in [0.1, 0.15) is 19.4 Å². The summed E-state index contributed by atoms with van der Waals surface area (Å²) in [6.45, 7) is 6.33. The Morgan fingerprint density at radius 1 is 1.33 bits per heavy atom. The summed E-state index contributed by atoms with van der Waals surface area (Å²) < 4.78 is 24.2. The van der Waals surface area contributed by atoms with E-state index in [1.165, 1.54) is 19.2 Å². The van der Waals surface area contributed by atoms with Gasteiger partial charge < -0.3 is 19.7 Å². The molecule has 2 heterocycles. The number of guanidine groups is 1. The van der Waals surface area contributed by atoms with Crippen LogP contribution >= 0.6 is 0 Å². The topological polar surface area (TPSA) is 76.1 Å². The molecular weight excluding hydrogens is 387 g/mol. The molecule has 0 amide bonds. The first kappa shape index (κ1) is 21.5. The average Bonchev–Trinajstić information content (AvgIpc) is 3.13. The first-order valence-electron chi connectivity index (χ1n) is 10.00. The van der Waals surface area contributed by atoms with Gasteiger partial charge in [0, 0.05) is 37.5 Å². The molecule has 30 heavy (non-hydrogen) atoms. The van der Waals surface area contributed by atoms with E-state index < -0.39 is 0 Å². The quantitative estimate of drug-likeness (QED) is 0.444. The normalized spacial score (nSPS) is 18.9. The van der Waals surface area contributed by atoms with E-state index in [0.29, 0.717) is 37.8 Å². The molecule has 1 aromatic heterocycles. The van der Waals surface area contributed by atoms with Crippen LogP contribution in [0.3, 0.4) is 0 Å². The van der Waals surface area contributed by atoms with Crippen LogP contribution in [0.5, 0.6) is 11.6 Å². The van der Waals surface area contributed by atoms with E-state index in [1.54, 1.807) is 24.4 Å². The van der Waals surface area contributed by atoms with Gasteiger partial charge in [0.1, 0.15) is 11.6 Å². The molecule has 2 aromatic rings. The van der Waals surface area contributed by atoms with Crippen molar-refractivity contribution in [2.75, 3.05) is 26.7 Å². The largest absolute Gasteiger partial charge is 0.469 e. The second-order valence-electron chi connectivity index (χ2n) is 7.21. The zero-order chi connectivity index (χ0) is 21.5. The van der Waals surface area contributed by atoms with Crippen LogP contribution in [-0.2, 0) is 16.1 Å². The van der Waals surface area contributed by atoms with Crippen molar-refractivity contribution in [3.05, 3.63) is 54.0 Å². The Labute approximate surface area is 175 Å². The lowest BCUT2D eigenvalue weighted by Crippen LogP contribution is -2.40. The third-order valence-corrected chi connectivity index (χ3v) is 5.01. The molecule has 8 heteroatoms. The number of pyridine rings is 1. The van der Waals surface area contributed by atoms with Crippen LogP contribution in [0.2, 0.25) is 0 Å². The van der Waals surface area contributed by atoms with E-state index in [4.69, 9.17) is 14.5 Å². The van der Waals surface area contributed by atoms with Gasteiger partial charge in [0.2, 0.25) is 5.88 Å². The number of likely N-dealkylation sites (tertiary alicyclic amines) is 1. The Morgan fingerprint density at radius 2 is 2.17 bits per heavy atom. The molecule has 0 spiro atoms. The number of ether oxygens (including phenoxy) is 2. The van der Waals surface area contributed by atoms with E-state index in [-0.39, 0.29) is 23.6 Å². The lowest BCUT2D eigenvalue weighted by atomic mass is 9.99. The third-order valence-electron chi connectivity index (χ3n) is 5.01. The number of nitrogens with zero attached hydrogens (tertiary/aromatic N) is 3. The number of halogens is 1. The highest BCUT2D eigenvalue weighted by molar-refractivity contribution is 5.82. The molecule has 2 unspecified atom stereocenters. The average molecular weight is 414 g/mol. The summed E-state index contributed by atoms with van der Waals surface area (Å²) in [6, 6.07) is 9.61. The number of esters is 1. The Bertz CT molecular complexity index is 905. The molecule has 1 aliphatic heterocycles. The Balaban J connectivity index is 1.76. The number of aromatic nitrogens is 1. The number of benzene rings is 1. The monoisotopic (exact) mass is 414 g/mol. The van der Waals surface area contributed by atoms with Crippen LogP contribution in [-0.4, -0.2) is 48.6 Å². The summed E-state index contributed by atoms with van der Waals surface area (Å²) in [5, 5.41) is 3.28. The first-order chi connectivity index (χ1) is 14.5. The number of nitrogens with one attached hydrogen (secondary N) is 1. The minimum Gasteiger partial charge on any atom is -0.469 e. The highest BCUT2D eigenvalue weighted by atomic mass is 19.1. The summed E-state index contributed by atoms with van der Waals surface area (Å²) in [6.07, 6.45) is 1.62. The zero-order valence-corrected chi connectivity index (χ0v) is 17.5. The van der Waals surface area contributed by atoms with E-state index in [0.717, 1.165) is 11.5 Å². The standard InChI is InChI=1S/C22H27FN4O3/c1-4-24-22(27-13-15(2)19(14-27)21(28)29-3)26-12-16-7-6-10-25-20(16)30-18-9-5-8-17(23)11-18/h5-11,15,19H,4,12-14H2,1-3H3,(H,24,26). The van der Waals surface area contributed by atoms with Crippen LogP contribution in [0.4, 0.5) is 4.39 Å². The lowest BCUT2D eigenvalue weighted by Gasteiger charge is -2.21. The Morgan fingerprint density at radius 3 is 2.90 bits per heavy atom. The van der Waals surface area contributed by atoms with Gasteiger partial charge in [0.05, 0.1) is 19.6 Å². The van der Waals surface area contributed by atoms with Gasteiger partial charge in [0.25, 0.3) is 0 Å². The first-order valence-corrected chi connectivity index (χ1v) is 10.00. The fourth-order valence-electron chi connectivity index (χ4n) is 3.46. The van der Waals surface area contributed by atoms with Crippen LogP contribution in [0, 0.1) is 17.7 Å². The van der Waals surface area contributed by atoms with Gasteiger partial charge in [-0.15, -0.1) is 0 Å². The molecule has 0 saturated carbocycles. The van der Waals surface area contributed by atoms with Crippen molar-refractivity contribution < 1.29 is 18.7 Å². The van der Waals surface area contributed by atoms with Gasteiger partial charge >= 0.3 is 5.97 Å². The Hall–Kier alpha value is -3.16. The minimum atomic E-state index is -0.374. The Kier molecular flexibility index (Phi) is 7.21. The maximum absolute atomic E-state index is 13.5. The van der Waals surface area contributed by atoms with Crippen molar-refractivity contribution >= 4 is 11.9 Å². The second-order valence-corrected chi connectivity index (χ2v) is 7.21. The number of hydrogen-bond acceptors (Lipinski definition) is 5. The number of hydrogen-bond donors (Lipinski definition) is 1. The van der Waals surface area contributed by atoms with Crippen LogP contribution in [0.25, 0.3) is 0 Å². The molecule has 0 radical (unpaired) electrons. The van der Waals surface area contributed by atoms with Crippen molar-refractivity contribution in [1.82, 2.24) is 15.2 Å². The van der Waals surface area contributed by atoms with Gasteiger partial charge in [-0.2, -0.15) is 0 Å². The number of carbonyl (C=O) groups excluding carboxylic acids is 1. The fraction of sp³-hybridized carbons (Fsp3) is 0.409. The van der Waals surface area contributed by atoms with Crippen LogP contribution < -0.4 is 10.1 Å². The van der Waals surface area contributed by atoms with Gasteiger partial charge in [-0.1, -0.05) is 19.1 Å². The molecule has 7 nitrogen and oxygen atoms in total. The zero-order valence-electron chi connectivity index (χ0n) is 17.5. The fourth-order valence-corrected chi connectivity index (χ4v) is 3.46. The molecule has 160 valence electrons. The van der Waals surface area contributed by atoms with Crippen LogP contribution in [0.15, 0.2) is 47.6 Å². The maximum atomic E-state index is 13.5. The summed E-state index contributed by atoms with van der Waals surface area (Å²) in [4.78, 5) is 23.1. The highest BCUT2D eigenvalue weighted by Gasteiger charge is 2.36. The van der Waals surface area contributed by atoms with E-state index in [1.807, 2.05) is 19.9 Å². The molecule has 1 fully saturated rings. The number of aliphatic imine (C=N–C) groups is 1. The minimum absolute atomic E-state index is 0.173. The summed E-state index contributed by atoms with van der Waals surface area (Å²) in [5.41, 5.74) is 0.772. The molecule has 3 rings (SSSR count). The van der Waals surface area contributed by atoms with Gasteiger partial charge in [-0.25, -0.2) is 14.4 Å². The molecule has 1 N–H and O–H groups in total. The van der Waals surface area contributed by atoms with E-state index in [2.05, 4.69) is 15.2 Å². The third kappa shape index (κ3) is 5.25.